The lowest BCUT2D eigenvalue weighted by molar-refractivity contribution is -0.166. The average molecular weight is 430 g/mol. The van der Waals surface area contributed by atoms with Crippen molar-refractivity contribution in [3.05, 3.63) is 23.8 Å². The Bertz CT molecular complexity index is 1020. The highest BCUT2D eigenvalue weighted by atomic mass is 33.1. The third-order valence-corrected chi connectivity index (χ3v) is 10.3. The summed E-state index contributed by atoms with van der Waals surface area (Å²) in [6.45, 7) is 3.87. The topological polar surface area (TPSA) is 82.9 Å². The van der Waals surface area contributed by atoms with Crippen LogP contribution in [-0.4, -0.2) is 44.2 Å². The van der Waals surface area contributed by atoms with Gasteiger partial charge in [0.1, 0.15) is 0 Å². The van der Waals surface area contributed by atoms with Gasteiger partial charge in [-0.3, -0.25) is 9.59 Å². The molecule has 0 radical (unpaired) electrons. The van der Waals surface area contributed by atoms with Gasteiger partial charge in [0.25, 0.3) is 11.8 Å². The van der Waals surface area contributed by atoms with E-state index in [1.165, 1.54) is 21.6 Å². The summed E-state index contributed by atoms with van der Waals surface area (Å²) in [5.74, 6) is 1.17. The fourth-order valence-electron chi connectivity index (χ4n) is 5.22. The van der Waals surface area contributed by atoms with Crippen LogP contribution < -0.4 is 9.47 Å². The molecule has 150 valence electrons. The maximum atomic E-state index is 13.8. The van der Waals surface area contributed by atoms with E-state index in [0.717, 1.165) is 18.4 Å². The molecule has 5 aliphatic heterocycles. The second-order valence-corrected chi connectivity index (χ2v) is 11.5. The maximum absolute atomic E-state index is 13.8. The van der Waals surface area contributed by atoms with Crippen molar-refractivity contribution in [3.8, 4) is 17.6 Å². The molecular formula is C20H19N3O4S2. The number of fused-ring (bicyclic) bond motifs is 3. The zero-order valence-corrected chi connectivity index (χ0v) is 17.6. The molecule has 0 unspecified atom stereocenters. The molecule has 5 fully saturated rings. The zero-order valence-electron chi connectivity index (χ0n) is 16.0. The van der Waals surface area contributed by atoms with E-state index in [-0.39, 0.29) is 24.6 Å². The van der Waals surface area contributed by atoms with Gasteiger partial charge in [-0.1, -0.05) is 27.7 Å². The minimum Gasteiger partial charge on any atom is -0.454 e. The van der Waals surface area contributed by atoms with Gasteiger partial charge in [0.2, 0.25) is 6.79 Å². The average Bonchev–Trinajstić information content (AvgIpc) is 3.34. The van der Waals surface area contributed by atoms with Crippen molar-refractivity contribution in [3.63, 3.8) is 0 Å². The number of rotatable bonds is 2. The molecule has 1 aliphatic carbocycles. The van der Waals surface area contributed by atoms with Gasteiger partial charge in [-0.25, -0.2) is 0 Å². The van der Waals surface area contributed by atoms with Crippen molar-refractivity contribution in [1.29, 1.82) is 5.26 Å². The molecule has 29 heavy (non-hydrogen) atoms. The largest absolute Gasteiger partial charge is 0.454 e. The zero-order chi connectivity index (χ0) is 20.2. The number of ether oxygens (including phenoxy) is 2. The number of hydrogen-bond acceptors (Lipinski definition) is 7. The van der Waals surface area contributed by atoms with Crippen molar-refractivity contribution in [2.75, 3.05) is 6.79 Å². The number of benzene rings is 1. The summed E-state index contributed by atoms with van der Waals surface area (Å²) in [5, 5.41) is 10.2. The van der Waals surface area contributed by atoms with E-state index in [2.05, 4.69) is 6.07 Å². The molecule has 6 aliphatic rings. The maximum Gasteiger partial charge on any atom is 0.261 e. The van der Waals surface area contributed by atoms with E-state index in [9.17, 15) is 14.9 Å². The van der Waals surface area contributed by atoms with Crippen LogP contribution in [0.2, 0.25) is 0 Å². The summed E-state index contributed by atoms with van der Waals surface area (Å²) in [5.41, 5.74) is -0.0896. The predicted molar refractivity (Wildman–Crippen MR) is 107 cm³/mol. The molecule has 4 atom stereocenters. The molecule has 0 N–H and O–H groups in total. The Morgan fingerprint density at radius 1 is 1.10 bits per heavy atom. The van der Waals surface area contributed by atoms with Crippen LogP contribution in [0.4, 0.5) is 0 Å². The molecule has 2 amide bonds. The van der Waals surface area contributed by atoms with Crippen molar-refractivity contribution in [2.24, 2.45) is 5.41 Å². The molecule has 1 aromatic rings. The van der Waals surface area contributed by atoms with Gasteiger partial charge in [0, 0.05) is 12.5 Å². The van der Waals surface area contributed by atoms with E-state index in [1.54, 1.807) is 4.90 Å². The van der Waals surface area contributed by atoms with Crippen molar-refractivity contribution >= 4 is 33.4 Å². The van der Waals surface area contributed by atoms with E-state index < -0.39 is 21.2 Å². The number of nitrogens with zero attached hydrogens (tertiary/aromatic N) is 3. The van der Waals surface area contributed by atoms with Crippen LogP contribution in [-0.2, 0) is 9.59 Å². The molecule has 7 nitrogen and oxygen atoms in total. The van der Waals surface area contributed by atoms with Crippen LogP contribution in [0.1, 0.15) is 44.7 Å². The first-order chi connectivity index (χ1) is 13.8. The second kappa shape index (κ2) is 5.35. The number of amides is 2. The Labute approximate surface area is 176 Å². The van der Waals surface area contributed by atoms with Crippen molar-refractivity contribution in [1.82, 2.24) is 9.80 Å². The highest BCUT2D eigenvalue weighted by Gasteiger charge is 2.76. The van der Waals surface area contributed by atoms with Gasteiger partial charge in [-0.2, -0.15) is 5.26 Å². The monoisotopic (exact) mass is 429 g/mol. The molecule has 0 aromatic heterocycles. The first-order valence-corrected chi connectivity index (χ1v) is 11.8. The van der Waals surface area contributed by atoms with Gasteiger partial charge < -0.3 is 19.3 Å². The molecular weight excluding hydrogens is 410 g/mol. The van der Waals surface area contributed by atoms with Crippen LogP contribution >= 0.6 is 21.6 Å². The summed E-state index contributed by atoms with van der Waals surface area (Å²) < 4.78 is 10.9. The van der Waals surface area contributed by atoms with Crippen molar-refractivity contribution < 1.29 is 19.1 Å². The van der Waals surface area contributed by atoms with E-state index >= 15 is 0 Å². The van der Waals surface area contributed by atoms with Crippen molar-refractivity contribution in [2.45, 2.75) is 54.9 Å². The number of carbonyl (C=O) groups excluding carboxylic acids is 2. The van der Waals surface area contributed by atoms with Crippen LogP contribution in [0.15, 0.2) is 18.2 Å². The molecule has 9 heteroatoms. The summed E-state index contributed by atoms with van der Waals surface area (Å²) in [6, 6.07) is 7.61. The minimum atomic E-state index is -1.03. The quantitative estimate of drug-likeness (QED) is 0.668. The lowest BCUT2D eigenvalue weighted by Gasteiger charge is -2.58. The summed E-state index contributed by atoms with van der Waals surface area (Å²) in [7, 11) is 2.93. The fraction of sp³-hybridized carbons (Fsp3) is 0.550. The predicted octanol–water partition coefficient (Wildman–Crippen LogP) is 3.03. The van der Waals surface area contributed by atoms with Crippen LogP contribution in [0.5, 0.6) is 11.5 Å². The van der Waals surface area contributed by atoms with Gasteiger partial charge in [-0.05, 0) is 44.4 Å². The van der Waals surface area contributed by atoms with E-state index in [1.807, 2.05) is 36.9 Å². The van der Waals surface area contributed by atoms with E-state index in [0.29, 0.717) is 17.9 Å². The molecule has 2 bridgehead atoms. The number of piperazine rings is 1. The lowest BCUT2D eigenvalue weighted by atomic mass is 9.79. The van der Waals surface area contributed by atoms with Gasteiger partial charge in [0.05, 0.1) is 17.5 Å². The minimum absolute atomic E-state index is 0.0180. The number of carbonyl (C=O) groups is 2. The molecule has 1 spiro atoms. The molecule has 5 heterocycles. The SMILES string of the molecule is C[C@]1(C#N)C[C@@]23SS[C@](C)(C(=O)N2[C@H]1c1ccc2c(c1)OCO2)N(C1CC1)C3=O. The highest BCUT2D eigenvalue weighted by molar-refractivity contribution is 8.78. The van der Waals surface area contributed by atoms with Gasteiger partial charge in [-0.15, -0.1) is 0 Å². The first kappa shape index (κ1) is 17.8. The summed E-state index contributed by atoms with van der Waals surface area (Å²) in [4.78, 5) is 29.1. The Morgan fingerprint density at radius 2 is 1.86 bits per heavy atom. The Kier molecular flexibility index (Phi) is 3.28. The summed E-state index contributed by atoms with van der Waals surface area (Å²) in [6.07, 6.45) is 2.20. The number of nitriles is 1. The summed E-state index contributed by atoms with van der Waals surface area (Å²) >= 11 is 0. The van der Waals surface area contributed by atoms with E-state index in [4.69, 9.17) is 9.47 Å². The standard InChI is InChI=1S/C20H19N3O4S2/c1-18(9-21)8-20-17(25)22(12-4-5-12)19(2,28-29-20)16(24)23(20)15(18)11-3-6-13-14(7-11)27-10-26-13/h3,6-7,12,15H,4-5,8,10H2,1-2H3/t15-,18+,19+,20-/m0/s1. The van der Waals surface area contributed by atoms with Crippen LogP contribution in [0.3, 0.4) is 0 Å². The third kappa shape index (κ3) is 2.01. The Hall–Kier alpha value is -2.05. The highest BCUT2D eigenvalue weighted by Crippen LogP contribution is 2.70. The second-order valence-electron chi connectivity index (χ2n) is 8.74. The Morgan fingerprint density at radius 3 is 2.59 bits per heavy atom. The van der Waals surface area contributed by atoms with Crippen LogP contribution in [0, 0.1) is 16.7 Å². The lowest BCUT2D eigenvalue weighted by Crippen LogP contribution is -2.75. The Balaban J connectivity index is 1.53. The van der Waals surface area contributed by atoms with Gasteiger partial charge in [0.15, 0.2) is 21.2 Å². The smallest absolute Gasteiger partial charge is 0.261 e. The molecule has 4 saturated heterocycles. The fourth-order valence-corrected chi connectivity index (χ4v) is 8.79. The van der Waals surface area contributed by atoms with Crippen LogP contribution in [0.25, 0.3) is 0 Å². The number of hydrogen-bond donors (Lipinski definition) is 0. The normalized spacial score (nSPS) is 39.7. The molecule has 1 saturated carbocycles. The van der Waals surface area contributed by atoms with Gasteiger partial charge >= 0.3 is 0 Å². The molecule has 1 aromatic carbocycles. The molecule has 7 rings (SSSR count). The third-order valence-electron chi connectivity index (χ3n) is 6.71. The first-order valence-electron chi connectivity index (χ1n) is 9.69.